The third-order valence-corrected chi connectivity index (χ3v) is 7.86. The van der Waals surface area contributed by atoms with Crippen LogP contribution in [0.1, 0.15) is 30.9 Å². The van der Waals surface area contributed by atoms with Crippen LogP contribution in [0.5, 0.6) is 17.2 Å². The highest BCUT2D eigenvalue weighted by Crippen LogP contribution is 2.49. The van der Waals surface area contributed by atoms with Gasteiger partial charge in [0.25, 0.3) is 0 Å². The van der Waals surface area contributed by atoms with Crippen molar-refractivity contribution in [2.24, 2.45) is 5.92 Å². The SMILES string of the molecule is Oc1ccc2c(c1)SC(C1C=CC=CC=C1)[C@@H](c1ccc(OCCN3CCCCC3)cc1)O2. The summed E-state index contributed by atoms with van der Waals surface area (Å²) in [5, 5.41) is 10.1. The molecule has 2 aromatic rings. The second-order valence-electron chi connectivity index (χ2n) is 8.80. The van der Waals surface area contributed by atoms with Crippen molar-refractivity contribution < 1.29 is 14.6 Å². The van der Waals surface area contributed by atoms with Gasteiger partial charge in [0.15, 0.2) is 0 Å². The van der Waals surface area contributed by atoms with Gasteiger partial charge in [0.2, 0.25) is 0 Å². The Bertz CT molecular complexity index is 1010. The Hall–Kier alpha value is -2.63. The summed E-state index contributed by atoms with van der Waals surface area (Å²) in [5.41, 5.74) is 1.13. The van der Waals surface area contributed by atoms with Gasteiger partial charge in [-0.3, -0.25) is 4.90 Å². The number of aromatic hydroxyl groups is 1. The van der Waals surface area contributed by atoms with Crippen molar-refractivity contribution in [3.63, 3.8) is 0 Å². The Labute approximate surface area is 200 Å². The fraction of sp³-hybridized carbons (Fsp3) is 0.357. The van der Waals surface area contributed by atoms with Crippen LogP contribution in [-0.4, -0.2) is 41.5 Å². The quantitative estimate of drug-likeness (QED) is 0.559. The molecule has 2 atom stereocenters. The van der Waals surface area contributed by atoms with Crippen molar-refractivity contribution in [3.8, 4) is 17.2 Å². The van der Waals surface area contributed by atoms with Crippen molar-refractivity contribution in [1.82, 2.24) is 4.90 Å². The first kappa shape index (κ1) is 22.2. The van der Waals surface area contributed by atoms with E-state index in [9.17, 15) is 5.11 Å². The monoisotopic (exact) mass is 461 g/mol. The lowest BCUT2D eigenvalue weighted by molar-refractivity contribution is 0.179. The van der Waals surface area contributed by atoms with Gasteiger partial charge in [-0.15, -0.1) is 11.8 Å². The largest absolute Gasteiger partial charge is 0.508 e. The third-order valence-electron chi connectivity index (χ3n) is 6.46. The number of hydrogen-bond donors (Lipinski definition) is 1. The zero-order chi connectivity index (χ0) is 22.5. The number of hydrogen-bond acceptors (Lipinski definition) is 5. The van der Waals surface area contributed by atoms with Crippen LogP contribution in [0.25, 0.3) is 0 Å². The van der Waals surface area contributed by atoms with E-state index in [1.165, 1.54) is 32.4 Å². The molecule has 0 spiro atoms. The van der Waals surface area contributed by atoms with E-state index in [2.05, 4.69) is 65.6 Å². The van der Waals surface area contributed by atoms with Gasteiger partial charge >= 0.3 is 0 Å². The maximum Gasteiger partial charge on any atom is 0.137 e. The molecule has 33 heavy (non-hydrogen) atoms. The predicted octanol–water partition coefficient (Wildman–Crippen LogP) is 6.15. The molecule has 0 aromatic heterocycles. The number of benzene rings is 2. The van der Waals surface area contributed by atoms with Crippen LogP contribution in [0.15, 0.2) is 83.8 Å². The van der Waals surface area contributed by atoms with Crippen molar-refractivity contribution >= 4 is 11.8 Å². The van der Waals surface area contributed by atoms with Gasteiger partial charge in [-0.05, 0) is 61.8 Å². The lowest BCUT2D eigenvalue weighted by atomic mass is 9.95. The zero-order valence-electron chi connectivity index (χ0n) is 18.8. The topological polar surface area (TPSA) is 41.9 Å². The summed E-state index contributed by atoms with van der Waals surface area (Å²) in [6, 6.07) is 13.7. The Morgan fingerprint density at radius 3 is 2.45 bits per heavy atom. The highest BCUT2D eigenvalue weighted by atomic mass is 32.2. The molecule has 1 saturated heterocycles. The first-order valence-corrected chi connectivity index (χ1v) is 12.8. The van der Waals surface area contributed by atoms with E-state index < -0.39 is 0 Å². The number of rotatable bonds is 6. The van der Waals surface area contributed by atoms with Gasteiger partial charge in [0.1, 0.15) is 30.0 Å². The number of phenolic OH excluding ortho intramolecular Hbond substituents is 1. The van der Waals surface area contributed by atoms with Crippen LogP contribution >= 0.6 is 11.8 Å². The van der Waals surface area contributed by atoms with E-state index in [0.717, 1.165) is 35.1 Å². The van der Waals surface area contributed by atoms with Crippen LogP contribution in [0, 0.1) is 5.92 Å². The van der Waals surface area contributed by atoms with Crippen LogP contribution in [0.2, 0.25) is 0 Å². The van der Waals surface area contributed by atoms with Gasteiger partial charge in [0, 0.05) is 12.5 Å². The van der Waals surface area contributed by atoms with E-state index in [0.29, 0.717) is 0 Å². The summed E-state index contributed by atoms with van der Waals surface area (Å²) in [4.78, 5) is 3.47. The standard InChI is InChI=1S/C28H31NO3S/c30-23-12-15-25-26(20-23)33-28(22-8-4-1-2-5-9-22)27(32-25)21-10-13-24(14-11-21)31-19-18-29-16-6-3-7-17-29/h1-2,4-5,8-15,20,22,27-28,30H,3,6-7,16-19H2/t27-,28?/m1/s1. The molecule has 1 fully saturated rings. The zero-order valence-corrected chi connectivity index (χ0v) is 19.6. The molecule has 2 aromatic carbocycles. The number of likely N-dealkylation sites (tertiary alicyclic amines) is 1. The van der Waals surface area contributed by atoms with Crippen molar-refractivity contribution in [2.45, 2.75) is 35.5 Å². The van der Waals surface area contributed by atoms with Crippen molar-refractivity contribution in [2.75, 3.05) is 26.2 Å². The smallest absolute Gasteiger partial charge is 0.137 e. The first-order valence-electron chi connectivity index (χ1n) is 11.9. The number of allylic oxidation sites excluding steroid dienone is 6. The van der Waals surface area contributed by atoms with Gasteiger partial charge in [-0.2, -0.15) is 0 Å². The summed E-state index contributed by atoms with van der Waals surface area (Å²) >= 11 is 1.77. The minimum atomic E-state index is -0.105. The number of nitrogens with zero attached hydrogens (tertiary/aromatic N) is 1. The van der Waals surface area contributed by atoms with E-state index in [1.54, 1.807) is 23.9 Å². The molecule has 5 rings (SSSR count). The molecule has 172 valence electrons. The van der Waals surface area contributed by atoms with Crippen molar-refractivity contribution in [1.29, 1.82) is 0 Å². The molecular weight excluding hydrogens is 430 g/mol. The fourth-order valence-electron chi connectivity index (χ4n) is 4.66. The molecule has 2 aliphatic heterocycles. The molecule has 0 saturated carbocycles. The van der Waals surface area contributed by atoms with E-state index >= 15 is 0 Å². The number of piperidine rings is 1. The number of phenols is 1. The molecule has 5 heteroatoms. The average molecular weight is 462 g/mol. The van der Waals surface area contributed by atoms with Gasteiger partial charge in [-0.1, -0.05) is 55.0 Å². The van der Waals surface area contributed by atoms with E-state index in [1.807, 2.05) is 6.07 Å². The number of fused-ring (bicyclic) bond motifs is 1. The molecule has 0 amide bonds. The van der Waals surface area contributed by atoms with E-state index in [4.69, 9.17) is 9.47 Å². The molecule has 1 N–H and O–H groups in total. The Morgan fingerprint density at radius 2 is 1.70 bits per heavy atom. The summed E-state index contributed by atoms with van der Waals surface area (Å²) in [6.45, 7) is 4.10. The molecule has 0 radical (unpaired) electrons. The second kappa shape index (κ2) is 10.5. The molecule has 4 nitrogen and oxygen atoms in total. The Kier molecular flexibility index (Phi) is 7.08. The lowest BCUT2D eigenvalue weighted by Gasteiger charge is -2.36. The molecule has 0 bridgehead atoms. The Morgan fingerprint density at radius 1 is 0.939 bits per heavy atom. The highest BCUT2D eigenvalue weighted by Gasteiger charge is 2.36. The summed E-state index contributed by atoms with van der Waals surface area (Å²) < 4.78 is 12.5. The fourth-order valence-corrected chi connectivity index (χ4v) is 6.05. The van der Waals surface area contributed by atoms with Crippen LogP contribution in [-0.2, 0) is 0 Å². The summed E-state index contributed by atoms with van der Waals surface area (Å²) in [5.74, 6) is 2.20. The molecule has 1 aliphatic carbocycles. The Balaban J connectivity index is 1.31. The van der Waals surface area contributed by atoms with Crippen LogP contribution in [0.3, 0.4) is 0 Å². The third kappa shape index (κ3) is 5.48. The van der Waals surface area contributed by atoms with Crippen LogP contribution in [0.4, 0.5) is 0 Å². The first-order chi connectivity index (χ1) is 16.3. The number of thioether (sulfide) groups is 1. The highest BCUT2D eigenvalue weighted by molar-refractivity contribution is 8.00. The maximum absolute atomic E-state index is 9.97. The average Bonchev–Trinajstić information content (AvgIpc) is 3.14. The molecule has 2 heterocycles. The lowest BCUT2D eigenvalue weighted by Crippen LogP contribution is -2.33. The molecule has 3 aliphatic rings. The number of ether oxygens (including phenoxy) is 2. The van der Waals surface area contributed by atoms with Gasteiger partial charge in [0.05, 0.1) is 10.1 Å². The summed E-state index contributed by atoms with van der Waals surface area (Å²) in [7, 11) is 0. The normalized spacial score (nSPS) is 23.0. The predicted molar refractivity (Wildman–Crippen MR) is 134 cm³/mol. The second-order valence-corrected chi connectivity index (χ2v) is 10.0. The molecular formula is C28H31NO3S. The van der Waals surface area contributed by atoms with Gasteiger partial charge < -0.3 is 14.6 Å². The van der Waals surface area contributed by atoms with Gasteiger partial charge in [-0.25, -0.2) is 0 Å². The minimum absolute atomic E-state index is 0.105. The van der Waals surface area contributed by atoms with E-state index in [-0.39, 0.29) is 23.0 Å². The summed E-state index contributed by atoms with van der Waals surface area (Å²) in [6.07, 6.45) is 16.6. The maximum atomic E-state index is 9.97. The minimum Gasteiger partial charge on any atom is -0.508 e. The molecule has 1 unspecified atom stereocenters. The van der Waals surface area contributed by atoms with Crippen molar-refractivity contribution in [3.05, 3.63) is 84.5 Å². The van der Waals surface area contributed by atoms with Crippen LogP contribution < -0.4 is 9.47 Å².